The summed E-state index contributed by atoms with van der Waals surface area (Å²) in [7, 11) is 0. The molecule has 102 valence electrons. The van der Waals surface area contributed by atoms with Crippen LogP contribution in [0.3, 0.4) is 0 Å². The van der Waals surface area contributed by atoms with Gasteiger partial charge in [-0.15, -0.1) is 0 Å². The van der Waals surface area contributed by atoms with Crippen molar-refractivity contribution < 1.29 is 0 Å². The summed E-state index contributed by atoms with van der Waals surface area (Å²) in [4.78, 5) is 8.20. The Kier molecular flexibility index (Phi) is 3.23. The Bertz CT molecular complexity index is 797. The van der Waals surface area contributed by atoms with Gasteiger partial charge in [0, 0.05) is 5.56 Å². The van der Waals surface area contributed by atoms with Gasteiger partial charge in [0.2, 0.25) is 0 Å². The lowest BCUT2D eigenvalue weighted by atomic mass is 10.2. The predicted molar refractivity (Wildman–Crippen MR) is 80.0 cm³/mol. The van der Waals surface area contributed by atoms with E-state index in [0.29, 0.717) is 21.8 Å². The number of anilines is 2. The second-order valence-electron chi connectivity index (χ2n) is 4.46. The monoisotopic (exact) mass is 307 g/mol. The molecule has 3 aromatic rings. The number of aromatic nitrogens is 4. The summed E-state index contributed by atoms with van der Waals surface area (Å²) in [5, 5.41) is 8.40. The van der Waals surface area contributed by atoms with E-state index in [2.05, 4.69) is 20.4 Å². The zero-order valence-corrected chi connectivity index (χ0v) is 12.4. The van der Waals surface area contributed by atoms with E-state index in [4.69, 9.17) is 23.2 Å². The third-order valence-corrected chi connectivity index (χ3v) is 3.66. The Morgan fingerprint density at radius 2 is 2.00 bits per heavy atom. The summed E-state index contributed by atoms with van der Waals surface area (Å²) in [5.41, 5.74) is 2.65. The molecule has 0 aliphatic carbocycles. The largest absolute Gasteiger partial charge is 0.339 e. The minimum atomic E-state index is 0.385. The second kappa shape index (κ2) is 4.92. The van der Waals surface area contributed by atoms with E-state index < -0.39 is 0 Å². The lowest BCUT2D eigenvalue weighted by Crippen LogP contribution is -2.05. The average molecular weight is 308 g/mol. The first kappa shape index (κ1) is 13.1. The van der Waals surface area contributed by atoms with Crippen molar-refractivity contribution in [2.24, 2.45) is 0 Å². The highest BCUT2D eigenvalue weighted by Crippen LogP contribution is 2.29. The molecule has 0 atom stereocenters. The van der Waals surface area contributed by atoms with E-state index in [1.54, 1.807) is 4.52 Å². The standard InChI is InChI=1S/C13H11Cl2N5/c1-7-3-4-10(9(14)5-7)18-12-8(2)11(15)19-13-16-6-17-20(12)13/h3-6,18H,1-2H3. The molecule has 2 heterocycles. The van der Waals surface area contributed by atoms with Crippen molar-refractivity contribution in [1.82, 2.24) is 19.6 Å². The number of fused-ring (bicyclic) bond motifs is 1. The van der Waals surface area contributed by atoms with Crippen molar-refractivity contribution in [3.63, 3.8) is 0 Å². The Balaban J connectivity index is 2.14. The number of nitrogens with zero attached hydrogens (tertiary/aromatic N) is 4. The molecule has 0 aliphatic heterocycles. The van der Waals surface area contributed by atoms with E-state index in [0.717, 1.165) is 16.8 Å². The van der Waals surface area contributed by atoms with Gasteiger partial charge in [-0.2, -0.15) is 19.6 Å². The van der Waals surface area contributed by atoms with Gasteiger partial charge in [0.25, 0.3) is 5.78 Å². The Morgan fingerprint density at radius 1 is 1.20 bits per heavy atom. The molecule has 3 rings (SSSR count). The van der Waals surface area contributed by atoms with Gasteiger partial charge in [-0.3, -0.25) is 0 Å². The fraction of sp³-hybridized carbons (Fsp3) is 0.154. The van der Waals surface area contributed by atoms with Gasteiger partial charge >= 0.3 is 0 Å². The van der Waals surface area contributed by atoms with Crippen LogP contribution in [-0.4, -0.2) is 19.6 Å². The molecule has 1 aromatic carbocycles. The molecule has 0 fully saturated rings. The van der Waals surface area contributed by atoms with Crippen molar-refractivity contribution in [2.75, 3.05) is 5.32 Å². The van der Waals surface area contributed by atoms with Gasteiger partial charge in [0.1, 0.15) is 17.3 Å². The number of benzene rings is 1. The van der Waals surface area contributed by atoms with Crippen molar-refractivity contribution in [2.45, 2.75) is 13.8 Å². The lowest BCUT2D eigenvalue weighted by Gasteiger charge is -2.13. The number of nitrogens with one attached hydrogen (secondary N) is 1. The number of hydrogen-bond acceptors (Lipinski definition) is 4. The summed E-state index contributed by atoms with van der Waals surface area (Å²) in [6.07, 6.45) is 1.43. The highest BCUT2D eigenvalue weighted by atomic mass is 35.5. The topological polar surface area (TPSA) is 55.1 Å². The number of halogens is 2. The van der Waals surface area contributed by atoms with Crippen molar-refractivity contribution in [1.29, 1.82) is 0 Å². The fourth-order valence-electron chi connectivity index (χ4n) is 1.89. The molecule has 2 aromatic heterocycles. The molecule has 20 heavy (non-hydrogen) atoms. The second-order valence-corrected chi connectivity index (χ2v) is 5.22. The highest BCUT2D eigenvalue weighted by Gasteiger charge is 2.13. The quantitative estimate of drug-likeness (QED) is 0.732. The number of rotatable bonds is 2. The maximum atomic E-state index is 6.24. The van der Waals surface area contributed by atoms with Crippen LogP contribution in [-0.2, 0) is 0 Å². The van der Waals surface area contributed by atoms with E-state index >= 15 is 0 Å². The van der Waals surface area contributed by atoms with Gasteiger partial charge in [-0.25, -0.2) is 0 Å². The third kappa shape index (κ3) is 2.19. The van der Waals surface area contributed by atoms with E-state index in [-0.39, 0.29) is 0 Å². The van der Waals surface area contributed by atoms with Gasteiger partial charge in [0.15, 0.2) is 0 Å². The van der Waals surface area contributed by atoms with E-state index in [1.807, 2.05) is 32.0 Å². The van der Waals surface area contributed by atoms with Crippen molar-refractivity contribution in [3.05, 3.63) is 45.8 Å². The lowest BCUT2D eigenvalue weighted by molar-refractivity contribution is 0.936. The summed E-state index contributed by atoms with van der Waals surface area (Å²) < 4.78 is 1.59. The number of aryl methyl sites for hydroxylation is 1. The molecule has 1 N–H and O–H groups in total. The predicted octanol–water partition coefficient (Wildman–Crippen LogP) is 3.79. The molecule has 0 spiro atoms. The SMILES string of the molecule is Cc1ccc(Nc2c(C)c(Cl)nc3ncnn23)c(Cl)c1. The van der Waals surface area contributed by atoms with Crippen LogP contribution in [0.4, 0.5) is 11.5 Å². The van der Waals surface area contributed by atoms with Crippen LogP contribution >= 0.6 is 23.2 Å². The minimum Gasteiger partial charge on any atom is -0.339 e. The molecule has 5 nitrogen and oxygen atoms in total. The summed E-state index contributed by atoms with van der Waals surface area (Å²) in [6.45, 7) is 3.85. The van der Waals surface area contributed by atoms with Crippen molar-refractivity contribution in [3.8, 4) is 0 Å². The molecule has 0 amide bonds. The maximum absolute atomic E-state index is 6.24. The van der Waals surface area contributed by atoms with Crippen LogP contribution in [0.15, 0.2) is 24.5 Å². The van der Waals surface area contributed by atoms with E-state index in [9.17, 15) is 0 Å². The summed E-state index contributed by atoms with van der Waals surface area (Å²) in [6, 6.07) is 5.78. The van der Waals surface area contributed by atoms with Crippen LogP contribution in [0.5, 0.6) is 0 Å². The number of hydrogen-bond donors (Lipinski definition) is 1. The Morgan fingerprint density at radius 3 is 2.75 bits per heavy atom. The summed E-state index contributed by atoms with van der Waals surface area (Å²) >= 11 is 12.4. The third-order valence-electron chi connectivity index (χ3n) is 2.98. The zero-order chi connectivity index (χ0) is 14.3. The zero-order valence-electron chi connectivity index (χ0n) is 10.9. The molecule has 0 aliphatic rings. The fourth-order valence-corrected chi connectivity index (χ4v) is 2.34. The summed E-state index contributed by atoms with van der Waals surface area (Å²) in [5.74, 6) is 1.13. The first-order chi connectivity index (χ1) is 9.56. The Hall–Kier alpha value is -1.85. The van der Waals surface area contributed by atoms with Crippen LogP contribution in [0.25, 0.3) is 5.78 Å². The Labute approximate surface area is 125 Å². The molecular weight excluding hydrogens is 297 g/mol. The van der Waals surface area contributed by atoms with Gasteiger partial charge in [-0.05, 0) is 31.5 Å². The van der Waals surface area contributed by atoms with Crippen LogP contribution in [0.1, 0.15) is 11.1 Å². The van der Waals surface area contributed by atoms with Gasteiger partial charge in [-0.1, -0.05) is 29.3 Å². The minimum absolute atomic E-state index is 0.385. The highest BCUT2D eigenvalue weighted by molar-refractivity contribution is 6.33. The molecule has 7 heteroatoms. The van der Waals surface area contributed by atoms with Gasteiger partial charge < -0.3 is 5.32 Å². The smallest absolute Gasteiger partial charge is 0.255 e. The van der Waals surface area contributed by atoms with Crippen molar-refractivity contribution >= 4 is 40.5 Å². The van der Waals surface area contributed by atoms with Crippen LogP contribution in [0, 0.1) is 13.8 Å². The molecule has 0 unspecified atom stereocenters. The van der Waals surface area contributed by atoms with E-state index in [1.165, 1.54) is 6.33 Å². The average Bonchev–Trinajstić information content (AvgIpc) is 2.85. The molecule has 0 saturated carbocycles. The van der Waals surface area contributed by atoms with Gasteiger partial charge in [0.05, 0.1) is 10.7 Å². The van der Waals surface area contributed by atoms with Crippen LogP contribution < -0.4 is 5.32 Å². The van der Waals surface area contributed by atoms with Crippen LogP contribution in [0.2, 0.25) is 10.2 Å². The first-order valence-electron chi connectivity index (χ1n) is 5.95. The first-order valence-corrected chi connectivity index (χ1v) is 6.71. The molecular formula is C13H11Cl2N5. The normalized spacial score (nSPS) is 11.0. The molecule has 0 bridgehead atoms. The maximum Gasteiger partial charge on any atom is 0.255 e. The molecule has 0 saturated heterocycles. The molecule has 0 radical (unpaired) electrons.